The molecule has 1 unspecified atom stereocenters. The summed E-state index contributed by atoms with van der Waals surface area (Å²) in [5, 5.41) is 0. The molecule has 0 aliphatic carbocycles. The van der Waals surface area contributed by atoms with Crippen LogP contribution in [0.25, 0.3) is 0 Å². The van der Waals surface area contributed by atoms with E-state index in [1.165, 1.54) is 0 Å². The maximum absolute atomic E-state index is 11.6. The Labute approximate surface area is 121 Å². The first-order chi connectivity index (χ1) is 9.49. The zero-order valence-corrected chi connectivity index (χ0v) is 12.8. The Morgan fingerprint density at radius 1 is 1.10 bits per heavy atom. The Hall–Kier alpha value is -1.58. The van der Waals surface area contributed by atoms with Crippen LogP contribution >= 0.6 is 0 Å². The minimum atomic E-state index is -1.24. The van der Waals surface area contributed by atoms with Gasteiger partial charge in [0.1, 0.15) is 0 Å². The Morgan fingerprint density at radius 3 is 1.90 bits per heavy atom. The predicted molar refractivity (Wildman–Crippen MR) is 78.9 cm³/mol. The van der Waals surface area contributed by atoms with E-state index in [0.717, 1.165) is 37.8 Å². The highest BCUT2D eigenvalue weighted by atomic mass is 16.7. The van der Waals surface area contributed by atoms with Crippen LogP contribution in [0.4, 0.5) is 0 Å². The van der Waals surface area contributed by atoms with E-state index < -0.39 is 17.7 Å². The second-order valence-electron chi connectivity index (χ2n) is 4.66. The average molecular weight is 282 g/mol. The quantitative estimate of drug-likeness (QED) is 0.348. The number of rotatable bonds is 10. The van der Waals surface area contributed by atoms with Gasteiger partial charge in [-0.15, -0.1) is 0 Å². The van der Waals surface area contributed by atoms with Crippen LogP contribution in [0, 0.1) is 5.92 Å². The van der Waals surface area contributed by atoms with E-state index in [-0.39, 0.29) is 5.92 Å². The van der Waals surface area contributed by atoms with Crippen LogP contribution in [0.3, 0.4) is 0 Å². The number of unbranched alkanes of at least 4 members (excludes halogenated alkanes) is 1. The minimum Gasteiger partial charge on any atom is -0.419 e. The molecule has 0 N–H and O–H groups in total. The molecular formula is C16H26O4. The molecule has 0 spiro atoms. The lowest BCUT2D eigenvalue weighted by Gasteiger charge is -2.37. The maximum atomic E-state index is 11.6. The summed E-state index contributed by atoms with van der Waals surface area (Å²) >= 11 is 0. The van der Waals surface area contributed by atoms with Gasteiger partial charge >= 0.3 is 11.9 Å². The van der Waals surface area contributed by atoms with Crippen LogP contribution in [0.15, 0.2) is 25.3 Å². The Bertz CT molecular complexity index is 324. The number of hydrogen-bond acceptors (Lipinski definition) is 4. The van der Waals surface area contributed by atoms with Crippen molar-refractivity contribution in [1.29, 1.82) is 0 Å². The van der Waals surface area contributed by atoms with Crippen molar-refractivity contribution in [2.45, 2.75) is 58.7 Å². The molecule has 4 nitrogen and oxygen atoms in total. The lowest BCUT2D eigenvalue weighted by Crippen LogP contribution is -2.45. The van der Waals surface area contributed by atoms with Gasteiger partial charge in [-0.3, -0.25) is 0 Å². The molecule has 0 radical (unpaired) electrons. The summed E-state index contributed by atoms with van der Waals surface area (Å²) in [4.78, 5) is 23.2. The Balaban J connectivity index is 5.33. The van der Waals surface area contributed by atoms with Crippen LogP contribution in [0.1, 0.15) is 52.9 Å². The second-order valence-corrected chi connectivity index (χ2v) is 4.66. The third-order valence-corrected chi connectivity index (χ3v) is 3.39. The lowest BCUT2D eigenvalue weighted by molar-refractivity contribution is -0.245. The molecule has 0 aromatic rings. The topological polar surface area (TPSA) is 52.6 Å². The van der Waals surface area contributed by atoms with E-state index >= 15 is 0 Å². The fraction of sp³-hybridized carbons (Fsp3) is 0.625. The first-order valence-corrected chi connectivity index (χ1v) is 7.20. The molecule has 0 fully saturated rings. The van der Waals surface area contributed by atoms with Gasteiger partial charge in [0.05, 0.1) is 0 Å². The van der Waals surface area contributed by atoms with Gasteiger partial charge in [-0.25, -0.2) is 9.59 Å². The van der Waals surface area contributed by atoms with Gasteiger partial charge in [-0.1, -0.05) is 46.8 Å². The van der Waals surface area contributed by atoms with Gasteiger partial charge in [-0.05, 0) is 12.8 Å². The van der Waals surface area contributed by atoms with Crippen LogP contribution in [0.2, 0.25) is 0 Å². The van der Waals surface area contributed by atoms with Crippen molar-refractivity contribution >= 4 is 11.9 Å². The normalized spacial score (nSPS) is 12.3. The molecule has 0 aliphatic rings. The van der Waals surface area contributed by atoms with Crippen molar-refractivity contribution in [3.8, 4) is 0 Å². The minimum absolute atomic E-state index is 0.0414. The number of esters is 2. The van der Waals surface area contributed by atoms with E-state index in [0.29, 0.717) is 6.42 Å². The fourth-order valence-corrected chi connectivity index (χ4v) is 2.23. The van der Waals surface area contributed by atoms with Gasteiger partial charge < -0.3 is 9.47 Å². The highest BCUT2D eigenvalue weighted by Gasteiger charge is 2.43. The SMILES string of the molecule is C=CC(=O)OC(CC)(OC(=O)C=C)C(CC)CCCC. The molecule has 0 amide bonds. The molecular weight excluding hydrogens is 256 g/mol. The summed E-state index contributed by atoms with van der Waals surface area (Å²) in [5.74, 6) is -2.45. The molecule has 4 heteroatoms. The lowest BCUT2D eigenvalue weighted by atomic mass is 9.88. The predicted octanol–water partition coefficient (Wildman–Crippen LogP) is 3.77. The average Bonchev–Trinajstić information content (AvgIpc) is 2.47. The summed E-state index contributed by atoms with van der Waals surface area (Å²) in [6, 6.07) is 0. The summed E-state index contributed by atoms with van der Waals surface area (Å²) in [6.45, 7) is 12.7. The van der Waals surface area contributed by atoms with E-state index in [2.05, 4.69) is 20.1 Å². The number of ether oxygens (including phenoxy) is 2. The van der Waals surface area contributed by atoms with Crippen LogP contribution < -0.4 is 0 Å². The van der Waals surface area contributed by atoms with E-state index in [9.17, 15) is 9.59 Å². The van der Waals surface area contributed by atoms with E-state index in [1.807, 2.05) is 13.8 Å². The van der Waals surface area contributed by atoms with Crippen molar-refractivity contribution in [3.63, 3.8) is 0 Å². The molecule has 0 rings (SSSR count). The maximum Gasteiger partial charge on any atom is 0.333 e. The zero-order chi connectivity index (χ0) is 15.6. The summed E-state index contributed by atoms with van der Waals surface area (Å²) in [5.41, 5.74) is 0. The molecule has 0 aliphatic heterocycles. The van der Waals surface area contributed by atoms with Crippen molar-refractivity contribution in [1.82, 2.24) is 0 Å². The third kappa shape index (κ3) is 5.19. The van der Waals surface area contributed by atoms with Crippen LogP contribution in [0.5, 0.6) is 0 Å². The van der Waals surface area contributed by atoms with Crippen molar-refractivity contribution in [2.24, 2.45) is 5.92 Å². The first-order valence-electron chi connectivity index (χ1n) is 7.20. The zero-order valence-electron chi connectivity index (χ0n) is 12.8. The smallest absolute Gasteiger partial charge is 0.333 e. The summed E-state index contributed by atoms with van der Waals surface area (Å²) in [7, 11) is 0. The number of carbonyl (C=O) groups is 2. The molecule has 1 atom stereocenters. The van der Waals surface area contributed by atoms with E-state index in [4.69, 9.17) is 9.47 Å². The van der Waals surface area contributed by atoms with Gasteiger partial charge in [0.25, 0.3) is 5.79 Å². The molecule has 114 valence electrons. The standard InChI is InChI=1S/C16H26O4/c1-6-11-12-13(7-2)16(10-5,19-14(17)8-3)20-15(18)9-4/h8-9,13H,3-4,6-7,10-12H2,1-2,5H3. The summed E-state index contributed by atoms with van der Waals surface area (Å²) < 4.78 is 10.8. The highest BCUT2D eigenvalue weighted by molar-refractivity contribution is 5.83. The Morgan fingerprint density at radius 2 is 1.60 bits per heavy atom. The number of hydrogen-bond donors (Lipinski definition) is 0. The van der Waals surface area contributed by atoms with Crippen molar-refractivity contribution in [2.75, 3.05) is 0 Å². The van der Waals surface area contributed by atoms with Gasteiger partial charge in [-0.2, -0.15) is 0 Å². The van der Waals surface area contributed by atoms with Crippen LogP contribution in [-0.2, 0) is 19.1 Å². The Kier molecular flexibility index (Phi) is 8.61. The number of carbonyl (C=O) groups excluding carboxylic acids is 2. The molecule has 20 heavy (non-hydrogen) atoms. The molecule has 0 saturated carbocycles. The molecule has 0 heterocycles. The van der Waals surface area contributed by atoms with Gasteiger partial charge in [0, 0.05) is 24.5 Å². The monoisotopic (exact) mass is 282 g/mol. The van der Waals surface area contributed by atoms with Crippen molar-refractivity contribution in [3.05, 3.63) is 25.3 Å². The summed E-state index contributed by atoms with van der Waals surface area (Å²) in [6.07, 6.45) is 6.16. The fourth-order valence-electron chi connectivity index (χ4n) is 2.23. The first kappa shape index (κ1) is 18.4. The van der Waals surface area contributed by atoms with Gasteiger partial charge in [0.2, 0.25) is 0 Å². The highest BCUT2D eigenvalue weighted by Crippen LogP contribution is 2.34. The molecule has 0 bridgehead atoms. The largest absolute Gasteiger partial charge is 0.419 e. The van der Waals surface area contributed by atoms with Crippen LogP contribution in [-0.4, -0.2) is 17.7 Å². The van der Waals surface area contributed by atoms with Crippen molar-refractivity contribution < 1.29 is 19.1 Å². The second kappa shape index (κ2) is 9.34. The van der Waals surface area contributed by atoms with Gasteiger partial charge in [0.15, 0.2) is 0 Å². The van der Waals surface area contributed by atoms with E-state index in [1.54, 1.807) is 0 Å². The molecule has 0 saturated heterocycles. The molecule has 0 aromatic heterocycles. The molecule has 0 aromatic carbocycles. The third-order valence-electron chi connectivity index (χ3n) is 3.39.